The molecule has 0 aliphatic carbocycles. The third kappa shape index (κ3) is 3.92. The lowest BCUT2D eigenvalue weighted by atomic mass is 10.0. The summed E-state index contributed by atoms with van der Waals surface area (Å²) in [6, 6.07) is 16.8. The first-order chi connectivity index (χ1) is 8.79. The standard InChI is InChI=1S/C15H17N.C2H6/c1-2-12-8-9-14(15(16)11-12)10-13-6-4-3-5-7-13;1-2/h3-9,11H,2,10,16H2,1H3;1-2H3. The summed E-state index contributed by atoms with van der Waals surface area (Å²) in [7, 11) is 0. The van der Waals surface area contributed by atoms with E-state index in [1.165, 1.54) is 16.7 Å². The van der Waals surface area contributed by atoms with E-state index in [4.69, 9.17) is 5.73 Å². The molecule has 0 amide bonds. The summed E-state index contributed by atoms with van der Waals surface area (Å²) < 4.78 is 0. The SMILES string of the molecule is CC.CCc1ccc(Cc2ccccc2)c(N)c1. The van der Waals surface area contributed by atoms with E-state index in [0.29, 0.717) is 0 Å². The number of benzene rings is 2. The molecule has 2 rings (SSSR count). The highest BCUT2D eigenvalue weighted by Crippen LogP contribution is 2.18. The van der Waals surface area contributed by atoms with Crippen molar-refractivity contribution in [1.82, 2.24) is 0 Å². The Morgan fingerprint density at radius 3 is 2.11 bits per heavy atom. The van der Waals surface area contributed by atoms with Gasteiger partial charge in [-0.15, -0.1) is 0 Å². The third-order valence-electron chi connectivity index (χ3n) is 2.86. The minimum atomic E-state index is 0.906. The van der Waals surface area contributed by atoms with Crippen LogP contribution in [0.4, 0.5) is 5.69 Å². The molecule has 0 saturated carbocycles. The fraction of sp³-hybridized carbons (Fsp3) is 0.294. The molecule has 0 aliphatic rings. The highest BCUT2D eigenvalue weighted by atomic mass is 14.6. The van der Waals surface area contributed by atoms with Gasteiger partial charge >= 0.3 is 0 Å². The first-order valence-corrected chi connectivity index (χ1v) is 6.71. The van der Waals surface area contributed by atoms with Gasteiger partial charge < -0.3 is 5.73 Å². The highest BCUT2D eigenvalue weighted by molar-refractivity contribution is 5.51. The second kappa shape index (κ2) is 7.54. The van der Waals surface area contributed by atoms with Crippen molar-refractivity contribution in [1.29, 1.82) is 0 Å². The lowest BCUT2D eigenvalue weighted by Crippen LogP contribution is -1.97. The van der Waals surface area contributed by atoms with Gasteiger partial charge in [0, 0.05) is 5.69 Å². The summed E-state index contributed by atoms with van der Waals surface area (Å²) in [6.07, 6.45) is 1.95. The van der Waals surface area contributed by atoms with Gasteiger partial charge in [-0.2, -0.15) is 0 Å². The Hall–Kier alpha value is -1.76. The molecule has 0 heterocycles. The summed E-state index contributed by atoms with van der Waals surface area (Å²) in [5.74, 6) is 0. The number of rotatable bonds is 3. The Balaban J connectivity index is 0.000000771. The lowest BCUT2D eigenvalue weighted by molar-refractivity contribution is 1.12. The largest absolute Gasteiger partial charge is 0.398 e. The first kappa shape index (κ1) is 14.3. The van der Waals surface area contributed by atoms with Crippen molar-refractivity contribution in [3.8, 4) is 0 Å². The lowest BCUT2D eigenvalue weighted by Gasteiger charge is -2.07. The average molecular weight is 241 g/mol. The van der Waals surface area contributed by atoms with Crippen molar-refractivity contribution in [3.63, 3.8) is 0 Å². The molecule has 2 aromatic rings. The van der Waals surface area contributed by atoms with E-state index < -0.39 is 0 Å². The average Bonchev–Trinajstić information content (AvgIpc) is 2.44. The molecule has 0 radical (unpaired) electrons. The summed E-state index contributed by atoms with van der Waals surface area (Å²) >= 11 is 0. The Morgan fingerprint density at radius 1 is 0.889 bits per heavy atom. The maximum absolute atomic E-state index is 6.04. The zero-order valence-corrected chi connectivity index (χ0v) is 11.6. The molecule has 0 aliphatic heterocycles. The maximum atomic E-state index is 6.04. The van der Waals surface area contributed by atoms with Gasteiger partial charge in [0.2, 0.25) is 0 Å². The van der Waals surface area contributed by atoms with E-state index in [1.54, 1.807) is 0 Å². The summed E-state index contributed by atoms with van der Waals surface area (Å²) in [5.41, 5.74) is 10.8. The molecule has 0 fully saturated rings. The number of aryl methyl sites for hydroxylation is 1. The van der Waals surface area contributed by atoms with Crippen molar-refractivity contribution in [2.75, 3.05) is 5.73 Å². The number of nitrogen functional groups attached to an aromatic ring is 1. The first-order valence-electron chi connectivity index (χ1n) is 6.71. The Kier molecular flexibility index (Phi) is 5.99. The van der Waals surface area contributed by atoms with E-state index in [2.05, 4.69) is 49.4 Å². The zero-order valence-electron chi connectivity index (χ0n) is 11.6. The topological polar surface area (TPSA) is 26.0 Å². The molecule has 0 aromatic heterocycles. The predicted octanol–water partition coefficient (Wildman–Crippen LogP) is 4.45. The third-order valence-corrected chi connectivity index (χ3v) is 2.86. The molecule has 18 heavy (non-hydrogen) atoms. The Labute approximate surface area is 111 Å². The minimum Gasteiger partial charge on any atom is -0.398 e. The fourth-order valence-corrected chi connectivity index (χ4v) is 1.84. The van der Waals surface area contributed by atoms with Crippen LogP contribution in [-0.2, 0) is 12.8 Å². The van der Waals surface area contributed by atoms with Gasteiger partial charge in [0.25, 0.3) is 0 Å². The van der Waals surface area contributed by atoms with Gasteiger partial charge in [0.05, 0.1) is 0 Å². The van der Waals surface area contributed by atoms with Crippen LogP contribution in [0.25, 0.3) is 0 Å². The van der Waals surface area contributed by atoms with E-state index in [1.807, 2.05) is 19.9 Å². The number of nitrogens with two attached hydrogens (primary N) is 1. The molecule has 0 saturated heterocycles. The van der Waals surface area contributed by atoms with Gasteiger partial charge in [-0.25, -0.2) is 0 Å². The summed E-state index contributed by atoms with van der Waals surface area (Å²) in [6.45, 7) is 6.14. The predicted molar refractivity (Wildman–Crippen MR) is 80.8 cm³/mol. The summed E-state index contributed by atoms with van der Waals surface area (Å²) in [4.78, 5) is 0. The van der Waals surface area contributed by atoms with Crippen molar-refractivity contribution < 1.29 is 0 Å². The number of anilines is 1. The van der Waals surface area contributed by atoms with Crippen LogP contribution in [0, 0.1) is 0 Å². The van der Waals surface area contributed by atoms with Gasteiger partial charge in [0.15, 0.2) is 0 Å². The Morgan fingerprint density at radius 2 is 1.56 bits per heavy atom. The second-order valence-corrected chi connectivity index (χ2v) is 4.05. The molecule has 1 nitrogen and oxygen atoms in total. The molecule has 2 aromatic carbocycles. The van der Waals surface area contributed by atoms with E-state index in [-0.39, 0.29) is 0 Å². The van der Waals surface area contributed by atoms with Crippen LogP contribution in [0.2, 0.25) is 0 Å². The highest BCUT2D eigenvalue weighted by Gasteiger charge is 2.01. The van der Waals surface area contributed by atoms with Gasteiger partial charge in [-0.3, -0.25) is 0 Å². The minimum absolute atomic E-state index is 0.906. The molecule has 0 bridgehead atoms. The van der Waals surface area contributed by atoms with Gasteiger partial charge in [-0.1, -0.05) is 63.2 Å². The maximum Gasteiger partial charge on any atom is 0.0352 e. The van der Waals surface area contributed by atoms with Crippen molar-refractivity contribution in [2.45, 2.75) is 33.6 Å². The zero-order chi connectivity index (χ0) is 13.4. The van der Waals surface area contributed by atoms with Crippen LogP contribution in [0.1, 0.15) is 37.5 Å². The monoisotopic (exact) mass is 241 g/mol. The van der Waals surface area contributed by atoms with Crippen LogP contribution in [0.15, 0.2) is 48.5 Å². The molecule has 0 atom stereocenters. The van der Waals surface area contributed by atoms with Gasteiger partial charge in [-0.05, 0) is 35.6 Å². The van der Waals surface area contributed by atoms with Crippen LogP contribution >= 0.6 is 0 Å². The molecule has 0 spiro atoms. The van der Waals surface area contributed by atoms with Gasteiger partial charge in [0.1, 0.15) is 0 Å². The van der Waals surface area contributed by atoms with Crippen molar-refractivity contribution in [3.05, 3.63) is 65.2 Å². The van der Waals surface area contributed by atoms with Crippen LogP contribution in [0.3, 0.4) is 0 Å². The molecular formula is C17H23N. The van der Waals surface area contributed by atoms with Crippen molar-refractivity contribution in [2.24, 2.45) is 0 Å². The second-order valence-electron chi connectivity index (χ2n) is 4.05. The molecule has 0 unspecified atom stereocenters. The van der Waals surface area contributed by atoms with Crippen molar-refractivity contribution >= 4 is 5.69 Å². The fourth-order valence-electron chi connectivity index (χ4n) is 1.84. The molecule has 1 heteroatoms. The van der Waals surface area contributed by atoms with E-state index >= 15 is 0 Å². The number of hydrogen-bond donors (Lipinski definition) is 1. The molecule has 96 valence electrons. The van der Waals surface area contributed by atoms with Crippen LogP contribution < -0.4 is 5.73 Å². The van der Waals surface area contributed by atoms with E-state index in [0.717, 1.165) is 18.5 Å². The van der Waals surface area contributed by atoms with E-state index in [9.17, 15) is 0 Å². The number of hydrogen-bond acceptors (Lipinski definition) is 1. The summed E-state index contributed by atoms with van der Waals surface area (Å²) in [5, 5.41) is 0. The normalized spacial score (nSPS) is 9.50. The molecular weight excluding hydrogens is 218 g/mol. The van der Waals surface area contributed by atoms with Crippen LogP contribution in [-0.4, -0.2) is 0 Å². The Bertz CT molecular complexity index is 460. The quantitative estimate of drug-likeness (QED) is 0.789. The molecule has 2 N–H and O–H groups in total. The smallest absolute Gasteiger partial charge is 0.0352 e. The van der Waals surface area contributed by atoms with Crippen LogP contribution in [0.5, 0.6) is 0 Å².